The average molecular weight is 188 g/mol. The molecule has 1 N–H and O–H groups in total. The summed E-state index contributed by atoms with van der Waals surface area (Å²) in [5, 5.41) is 13.0. The lowest BCUT2D eigenvalue weighted by Crippen LogP contribution is -2.63. The fraction of sp³-hybridized carbons (Fsp3) is 0.750. The third-order valence-corrected chi connectivity index (χ3v) is 1.62. The van der Waals surface area contributed by atoms with Gasteiger partial charge in [0.25, 0.3) is 0 Å². The van der Waals surface area contributed by atoms with E-state index in [1.54, 1.807) is 28.1 Å². The lowest BCUT2D eigenvalue weighted by molar-refractivity contribution is -0.891. The summed E-state index contributed by atoms with van der Waals surface area (Å²) in [5.74, 6) is -1.56. The molecule has 0 aliphatic carbocycles. The van der Waals surface area contributed by atoms with Crippen LogP contribution in [0.25, 0.3) is 0 Å². The summed E-state index contributed by atoms with van der Waals surface area (Å²) in [7, 11) is 5.03. The van der Waals surface area contributed by atoms with E-state index in [9.17, 15) is 14.7 Å². The molecule has 0 aliphatic heterocycles. The van der Waals surface area contributed by atoms with E-state index in [1.165, 1.54) is 0 Å². The molecule has 0 aromatic heterocycles. The summed E-state index contributed by atoms with van der Waals surface area (Å²) in [6.07, 6.45) is -0.725. The predicted molar refractivity (Wildman–Crippen MR) is 45.3 cm³/mol. The standard InChI is InChI=1S/C8H16N2O3/c1-5-6(11)9-7(8(12)13)10(2,3)4/h7H,5H2,1-4H3,(H-,9,11,12,13). The maximum Gasteiger partial charge on any atom is 0.224 e. The molecule has 0 fully saturated rings. The lowest BCUT2D eigenvalue weighted by Gasteiger charge is -2.34. The summed E-state index contributed by atoms with van der Waals surface area (Å²) in [4.78, 5) is 21.6. The Bertz CT molecular complexity index is 208. The summed E-state index contributed by atoms with van der Waals surface area (Å²) in [6, 6.07) is 0. The zero-order valence-corrected chi connectivity index (χ0v) is 8.46. The molecule has 0 aromatic carbocycles. The number of amides is 1. The van der Waals surface area contributed by atoms with Crippen LogP contribution in [0.5, 0.6) is 0 Å². The number of carbonyl (C=O) groups is 2. The predicted octanol–water partition coefficient (Wildman–Crippen LogP) is -1.71. The fourth-order valence-electron chi connectivity index (χ4n) is 0.823. The molecule has 0 heterocycles. The summed E-state index contributed by atoms with van der Waals surface area (Å²) in [6.45, 7) is 1.66. The molecular formula is C8H16N2O3. The van der Waals surface area contributed by atoms with Crippen LogP contribution >= 0.6 is 0 Å². The lowest BCUT2D eigenvalue weighted by atomic mass is 10.3. The van der Waals surface area contributed by atoms with Gasteiger partial charge in [0, 0.05) is 6.42 Å². The van der Waals surface area contributed by atoms with Crippen molar-refractivity contribution in [2.45, 2.75) is 19.5 Å². The number of carboxylic acids is 1. The Kier molecular flexibility index (Phi) is 3.87. The van der Waals surface area contributed by atoms with Gasteiger partial charge < -0.3 is 19.7 Å². The number of quaternary nitrogens is 1. The Hall–Kier alpha value is -1.10. The fourth-order valence-corrected chi connectivity index (χ4v) is 0.823. The van der Waals surface area contributed by atoms with Gasteiger partial charge in [0.1, 0.15) is 5.97 Å². The van der Waals surface area contributed by atoms with E-state index in [-0.39, 0.29) is 16.8 Å². The number of aliphatic carboxylic acids is 1. The first-order valence-electron chi connectivity index (χ1n) is 4.10. The molecule has 0 spiro atoms. The molecule has 5 nitrogen and oxygen atoms in total. The van der Waals surface area contributed by atoms with E-state index < -0.39 is 12.1 Å². The van der Waals surface area contributed by atoms with E-state index in [2.05, 4.69) is 5.32 Å². The summed E-state index contributed by atoms with van der Waals surface area (Å²) < 4.78 is 0.105. The summed E-state index contributed by atoms with van der Waals surface area (Å²) in [5.41, 5.74) is 0. The molecular weight excluding hydrogens is 172 g/mol. The van der Waals surface area contributed by atoms with Crippen molar-refractivity contribution in [2.75, 3.05) is 21.1 Å². The minimum atomic E-state index is -1.27. The van der Waals surface area contributed by atoms with Crippen LogP contribution < -0.4 is 10.4 Å². The van der Waals surface area contributed by atoms with Gasteiger partial charge in [-0.3, -0.25) is 4.79 Å². The van der Waals surface area contributed by atoms with Crippen LogP contribution in [0.2, 0.25) is 0 Å². The normalized spacial score (nSPS) is 13.5. The molecule has 1 atom stereocenters. The van der Waals surface area contributed by atoms with Crippen LogP contribution in [0.15, 0.2) is 0 Å². The zero-order chi connectivity index (χ0) is 10.6. The second kappa shape index (κ2) is 4.23. The number of rotatable bonds is 4. The highest BCUT2D eigenvalue weighted by Gasteiger charge is 2.26. The van der Waals surface area contributed by atoms with Crippen LogP contribution in [0.1, 0.15) is 13.3 Å². The van der Waals surface area contributed by atoms with Gasteiger partial charge in [-0.2, -0.15) is 0 Å². The van der Waals surface area contributed by atoms with Crippen LogP contribution in [-0.2, 0) is 9.59 Å². The quantitative estimate of drug-likeness (QED) is 0.422. The third-order valence-electron chi connectivity index (χ3n) is 1.62. The van der Waals surface area contributed by atoms with Crippen molar-refractivity contribution in [1.29, 1.82) is 0 Å². The first-order valence-corrected chi connectivity index (χ1v) is 4.10. The molecule has 1 amide bonds. The highest BCUT2D eigenvalue weighted by molar-refractivity contribution is 5.81. The monoisotopic (exact) mass is 188 g/mol. The van der Waals surface area contributed by atoms with Gasteiger partial charge in [-0.05, 0) is 0 Å². The van der Waals surface area contributed by atoms with E-state index >= 15 is 0 Å². The summed E-state index contributed by atoms with van der Waals surface area (Å²) >= 11 is 0. The first-order chi connectivity index (χ1) is 5.79. The smallest absolute Gasteiger partial charge is 0.224 e. The average Bonchev–Trinajstić information content (AvgIpc) is 1.96. The van der Waals surface area contributed by atoms with Crippen molar-refractivity contribution in [3.05, 3.63) is 0 Å². The number of nitrogens with zero attached hydrogens (tertiary/aromatic N) is 1. The van der Waals surface area contributed by atoms with Crippen molar-refractivity contribution in [3.63, 3.8) is 0 Å². The SMILES string of the molecule is CCC(=O)NC(C(=O)[O-])[N+](C)(C)C. The number of carbonyl (C=O) groups excluding carboxylic acids is 2. The van der Waals surface area contributed by atoms with E-state index in [4.69, 9.17) is 0 Å². The van der Waals surface area contributed by atoms with Crippen molar-refractivity contribution in [2.24, 2.45) is 0 Å². The number of hydrogen-bond acceptors (Lipinski definition) is 3. The van der Waals surface area contributed by atoms with E-state index in [0.717, 1.165) is 0 Å². The minimum Gasteiger partial charge on any atom is -0.542 e. The first kappa shape index (κ1) is 11.9. The van der Waals surface area contributed by atoms with Crippen molar-refractivity contribution < 1.29 is 19.2 Å². The van der Waals surface area contributed by atoms with Gasteiger partial charge in [0.05, 0.1) is 21.1 Å². The van der Waals surface area contributed by atoms with E-state index in [1.807, 2.05) is 0 Å². The number of carboxylic acid groups (broad SMARTS) is 1. The van der Waals surface area contributed by atoms with Crippen molar-refractivity contribution in [3.8, 4) is 0 Å². The van der Waals surface area contributed by atoms with Crippen LogP contribution in [-0.4, -0.2) is 43.7 Å². The maximum absolute atomic E-state index is 11.0. The Balaban J connectivity index is 4.46. The Morgan fingerprint density at radius 2 is 1.85 bits per heavy atom. The third kappa shape index (κ3) is 3.89. The number of likely N-dealkylation sites (N-methyl/N-ethyl adjacent to an activating group) is 1. The Morgan fingerprint density at radius 1 is 1.38 bits per heavy atom. The van der Waals surface area contributed by atoms with Gasteiger partial charge >= 0.3 is 0 Å². The highest BCUT2D eigenvalue weighted by Crippen LogP contribution is 1.98. The molecule has 0 radical (unpaired) electrons. The molecule has 0 saturated carbocycles. The van der Waals surface area contributed by atoms with Crippen LogP contribution in [0.3, 0.4) is 0 Å². The van der Waals surface area contributed by atoms with Gasteiger partial charge in [0.2, 0.25) is 12.1 Å². The van der Waals surface area contributed by atoms with Gasteiger partial charge in [-0.15, -0.1) is 0 Å². The molecule has 0 aromatic rings. The molecule has 5 heteroatoms. The van der Waals surface area contributed by atoms with Gasteiger partial charge in [-0.1, -0.05) is 6.92 Å². The van der Waals surface area contributed by atoms with Crippen molar-refractivity contribution >= 4 is 11.9 Å². The Labute approximate surface area is 77.9 Å². The number of nitrogens with one attached hydrogen (secondary N) is 1. The van der Waals surface area contributed by atoms with Gasteiger partial charge in [-0.25, -0.2) is 0 Å². The molecule has 1 unspecified atom stereocenters. The van der Waals surface area contributed by atoms with Crippen LogP contribution in [0, 0.1) is 0 Å². The molecule has 0 bridgehead atoms. The highest BCUT2D eigenvalue weighted by atomic mass is 16.4. The number of hydrogen-bond donors (Lipinski definition) is 1. The molecule has 0 saturated heterocycles. The molecule has 0 aliphatic rings. The molecule has 76 valence electrons. The largest absolute Gasteiger partial charge is 0.542 e. The van der Waals surface area contributed by atoms with Gasteiger partial charge in [0.15, 0.2) is 0 Å². The van der Waals surface area contributed by atoms with E-state index in [0.29, 0.717) is 0 Å². The van der Waals surface area contributed by atoms with Crippen molar-refractivity contribution in [1.82, 2.24) is 5.32 Å². The molecule has 13 heavy (non-hydrogen) atoms. The maximum atomic E-state index is 11.0. The second-order valence-corrected chi connectivity index (χ2v) is 3.76. The molecule has 0 rings (SSSR count). The van der Waals surface area contributed by atoms with Crippen LogP contribution in [0.4, 0.5) is 0 Å². The zero-order valence-electron chi connectivity index (χ0n) is 8.46. The minimum absolute atomic E-state index is 0.105. The second-order valence-electron chi connectivity index (χ2n) is 3.76. The Morgan fingerprint density at radius 3 is 2.08 bits per heavy atom. The topological polar surface area (TPSA) is 69.2 Å².